The minimum absolute atomic E-state index is 0.723. The molecule has 3 N–H and O–H groups in total. The Morgan fingerprint density at radius 3 is 2.61 bits per heavy atom. The fraction of sp³-hybridized carbons (Fsp3) is 0.0588. The lowest BCUT2D eigenvalue weighted by Gasteiger charge is -2.12. The summed E-state index contributed by atoms with van der Waals surface area (Å²) in [5.41, 5.74) is 10.5. The molecule has 0 aliphatic carbocycles. The van der Waals surface area contributed by atoms with Gasteiger partial charge in [-0.1, -0.05) is 55.6 Å². The maximum absolute atomic E-state index is 5.02. The molecule has 0 unspecified atom stereocenters. The third-order valence-electron chi connectivity index (χ3n) is 6.85. The third-order valence-corrected chi connectivity index (χ3v) is 6.85. The van der Waals surface area contributed by atoms with Crippen LogP contribution in [0.25, 0.3) is 50.3 Å². The second kappa shape index (κ2) is 11.3. The summed E-state index contributed by atoms with van der Waals surface area (Å²) in [5.74, 6) is 0. The Balaban J connectivity index is 1.32. The summed E-state index contributed by atoms with van der Waals surface area (Å²) in [7, 11) is 0. The highest BCUT2D eigenvalue weighted by atomic mass is 15.1. The fourth-order valence-electron chi connectivity index (χ4n) is 4.86. The molecule has 41 heavy (non-hydrogen) atoms. The summed E-state index contributed by atoms with van der Waals surface area (Å²) in [4.78, 5) is 17.5. The average Bonchev–Trinajstić information content (AvgIpc) is 3.64. The van der Waals surface area contributed by atoms with Gasteiger partial charge in [0.05, 0.1) is 22.6 Å². The van der Waals surface area contributed by atoms with Gasteiger partial charge in [-0.2, -0.15) is 5.10 Å². The molecule has 1 aromatic carbocycles. The van der Waals surface area contributed by atoms with E-state index in [9.17, 15) is 0 Å². The van der Waals surface area contributed by atoms with E-state index in [1.807, 2.05) is 73.7 Å². The average molecular weight is 536 g/mol. The predicted molar refractivity (Wildman–Crippen MR) is 167 cm³/mol. The molecule has 0 amide bonds. The molecule has 0 bridgehead atoms. The number of hydrogen-bond donors (Lipinski definition) is 3. The standard InChI is InChI=1S/C34H29N7/c1-4-24(20-25(5-2)37-22(3)19-23-11-7-6-8-12-23)28-14-15-30-32(38-28)33(41-40-30)31-21-27-26(16-18-36-34(27)39-31)29-13-9-10-17-35-29/h4-18,20-21,37H,2-3,19H2,1H3,(H,36,39)(H,40,41)/b24-4+,25-20+. The quantitative estimate of drug-likeness (QED) is 0.168. The van der Waals surface area contributed by atoms with Crippen LogP contribution in [0.3, 0.4) is 0 Å². The highest BCUT2D eigenvalue weighted by Gasteiger charge is 2.16. The van der Waals surface area contributed by atoms with Crippen molar-refractivity contribution in [3.63, 3.8) is 0 Å². The van der Waals surface area contributed by atoms with Crippen molar-refractivity contribution in [1.82, 2.24) is 35.5 Å². The van der Waals surface area contributed by atoms with E-state index in [-0.39, 0.29) is 0 Å². The molecule has 0 aliphatic rings. The van der Waals surface area contributed by atoms with Crippen molar-refractivity contribution in [3.8, 4) is 22.6 Å². The first-order valence-electron chi connectivity index (χ1n) is 13.4. The van der Waals surface area contributed by atoms with Gasteiger partial charge in [0.15, 0.2) is 0 Å². The zero-order valence-corrected chi connectivity index (χ0v) is 22.7. The second-order valence-electron chi connectivity index (χ2n) is 9.62. The van der Waals surface area contributed by atoms with Crippen LogP contribution in [0.15, 0.2) is 128 Å². The number of H-pyrrole nitrogens is 2. The number of nitrogens with zero attached hydrogens (tertiary/aromatic N) is 4. The molecule has 0 spiro atoms. The van der Waals surface area contributed by atoms with Gasteiger partial charge in [-0.25, -0.2) is 9.97 Å². The molecule has 5 aromatic heterocycles. The largest absolute Gasteiger partial charge is 0.359 e. The third kappa shape index (κ3) is 5.33. The summed E-state index contributed by atoms with van der Waals surface area (Å²) in [5, 5.41) is 12.1. The van der Waals surface area contributed by atoms with Gasteiger partial charge in [-0.05, 0) is 66.6 Å². The Labute approximate surface area is 238 Å². The van der Waals surface area contributed by atoms with Crippen LogP contribution < -0.4 is 5.32 Å². The lowest BCUT2D eigenvalue weighted by molar-refractivity contribution is 0.942. The van der Waals surface area contributed by atoms with Crippen molar-refractivity contribution < 1.29 is 0 Å². The van der Waals surface area contributed by atoms with E-state index in [2.05, 4.69) is 61.8 Å². The monoisotopic (exact) mass is 535 g/mol. The summed E-state index contributed by atoms with van der Waals surface area (Å²) >= 11 is 0. The summed E-state index contributed by atoms with van der Waals surface area (Å²) in [6.45, 7) is 10.2. The van der Waals surface area contributed by atoms with E-state index >= 15 is 0 Å². The summed E-state index contributed by atoms with van der Waals surface area (Å²) < 4.78 is 0. The van der Waals surface area contributed by atoms with Crippen molar-refractivity contribution in [1.29, 1.82) is 0 Å². The molecular weight excluding hydrogens is 506 g/mol. The molecule has 7 heteroatoms. The lowest BCUT2D eigenvalue weighted by Crippen LogP contribution is -2.12. The van der Waals surface area contributed by atoms with Gasteiger partial charge >= 0.3 is 0 Å². The molecule has 0 aliphatic heterocycles. The summed E-state index contributed by atoms with van der Waals surface area (Å²) in [6, 6.07) is 24.2. The van der Waals surface area contributed by atoms with Crippen LogP contribution in [0, 0.1) is 0 Å². The highest BCUT2D eigenvalue weighted by molar-refractivity contribution is 5.98. The predicted octanol–water partition coefficient (Wildman–Crippen LogP) is 7.38. The Bertz CT molecular complexity index is 1930. The Morgan fingerprint density at radius 1 is 0.976 bits per heavy atom. The molecule has 6 aromatic rings. The van der Waals surface area contributed by atoms with E-state index < -0.39 is 0 Å². The zero-order valence-electron chi connectivity index (χ0n) is 22.7. The number of aromatic amines is 2. The molecule has 7 nitrogen and oxygen atoms in total. The van der Waals surface area contributed by atoms with Crippen LogP contribution in [-0.4, -0.2) is 30.1 Å². The van der Waals surface area contributed by atoms with Gasteiger partial charge in [0.25, 0.3) is 0 Å². The van der Waals surface area contributed by atoms with Gasteiger partial charge in [0, 0.05) is 41.2 Å². The maximum Gasteiger partial charge on any atom is 0.138 e. The van der Waals surface area contributed by atoms with Gasteiger partial charge in [-0.15, -0.1) is 0 Å². The van der Waals surface area contributed by atoms with Crippen molar-refractivity contribution in [3.05, 3.63) is 139 Å². The molecule has 200 valence electrons. The molecule has 0 atom stereocenters. The van der Waals surface area contributed by atoms with E-state index in [4.69, 9.17) is 4.98 Å². The van der Waals surface area contributed by atoms with Gasteiger partial charge in [0.2, 0.25) is 0 Å². The Morgan fingerprint density at radius 2 is 1.83 bits per heavy atom. The first kappa shape index (κ1) is 25.7. The van der Waals surface area contributed by atoms with E-state index in [0.29, 0.717) is 0 Å². The molecule has 0 fully saturated rings. The fourth-order valence-corrected chi connectivity index (χ4v) is 4.86. The van der Waals surface area contributed by atoms with Crippen molar-refractivity contribution in [2.75, 3.05) is 0 Å². The van der Waals surface area contributed by atoms with Gasteiger partial charge in [-0.3, -0.25) is 10.1 Å². The van der Waals surface area contributed by atoms with E-state index in [0.717, 1.165) is 73.8 Å². The van der Waals surface area contributed by atoms with Crippen LogP contribution >= 0.6 is 0 Å². The molecule has 5 heterocycles. The van der Waals surface area contributed by atoms with E-state index in [1.165, 1.54) is 5.56 Å². The molecule has 0 radical (unpaired) electrons. The number of hydrogen-bond acceptors (Lipinski definition) is 5. The number of allylic oxidation sites excluding steroid dienone is 5. The first-order chi connectivity index (χ1) is 20.1. The SMILES string of the molecule is C=C/C(=C\C(=C/C)c1ccc2[nH]nc(-c3cc4c(-c5ccccn5)ccnc4[nH]3)c2n1)NC(=C)Cc1ccccc1. The van der Waals surface area contributed by atoms with Gasteiger partial charge < -0.3 is 10.3 Å². The second-order valence-corrected chi connectivity index (χ2v) is 9.62. The maximum atomic E-state index is 5.02. The smallest absolute Gasteiger partial charge is 0.138 e. The minimum atomic E-state index is 0.723. The van der Waals surface area contributed by atoms with Crippen molar-refractivity contribution in [2.45, 2.75) is 13.3 Å². The number of fused-ring (bicyclic) bond motifs is 2. The van der Waals surface area contributed by atoms with Crippen LogP contribution in [0.5, 0.6) is 0 Å². The van der Waals surface area contributed by atoms with E-state index in [1.54, 1.807) is 18.5 Å². The first-order valence-corrected chi connectivity index (χ1v) is 13.4. The van der Waals surface area contributed by atoms with Crippen LogP contribution in [-0.2, 0) is 6.42 Å². The highest BCUT2D eigenvalue weighted by Crippen LogP contribution is 2.32. The number of nitrogens with one attached hydrogen (secondary N) is 3. The van der Waals surface area contributed by atoms with Gasteiger partial charge in [0.1, 0.15) is 16.9 Å². The Hall–Kier alpha value is -5.56. The molecule has 6 rings (SSSR count). The number of aromatic nitrogens is 6. The van der Waals surface area contributed by atoms with Crippen LogP contribution in [0.1, 0.15) is 18.2 Å². The number of rotatable bonds is 9. The topological polar surface area (TPSA) is 95.2 Å². The normalized spacial score (nSPS) is 12.1. The molecular formula is C34H29N7. The number of benzene rings is 1. The minimum Gasteiger partial charge on any atom is -0.359 e. The summed E-state index contributed by atoms with van der Waals surface area (Å²) in [6.07, 6.45) is 10.2. The van der Waals surface area contributed by atoms with Crippen molar-refractivity contribution >= 4 is 27.6 Å². The molecule has 0 saturated heterocycles. The zero-order chi connectivity index (χ0) is 28.2. The van der Waals surface area contributed by atoms with Crippen molar-refractivity contribution in [2.24, 2.45) is 0 Å². The lowest BCUT2D eigenvalue weighted by atomic mass is 10.1. The molecule has 0 saturated carbocycles. The van der Waals surface area contributed by atoms with Crippen LogP contribution in [0.2, 0.25) is 0 Å². The number of pyridine rings is 3. The Kier molecular flexibility index (Phi) is 7.07. The van der Waals surface area contributed by atoms with Crippen LogP contribution in [0.4, 0.5) is 0 Å².